The number of hydrogen-bond acceptors (Lipinski definition) is 5. The third-order valence-corrected chi connectivity index (χ3v) is 4.35. The van der Waals surface area contributed by atoms with Gasteiger partial charge in [-0.25, -0.2) is 0 Å². The number of carbonyl (C=O) groups excluding carboxylic acids is 1. The van der Waals surface area contributed by atoms with E-state index in [0.29, 0.717) is 33.9 Å². The first-order valence-electron chi connectivity index (χ1n) is 6.66. The van der Waals surface area contributed by atoms with Gasteiger partial charge >= 0.3 is 0 Å². The fourth-order valence-electron chi connectivity index (χ4n) is 1.97. The highest BCUT2D eigenvalue weighted by Gasteiger charge is 2.30. The van der Waals surface area contributed by atoms with Crippen molar-refractivity contribution < 1.29 is 14.3 Å². The molecule has 21 heavy (non-hydrogen) atoms. The van der Waals surface area contributed by atoms with Crippen molar-refractivity contribution in [1.29, 1.82) is 0 Å². The Bertz CT molecular complexity index is 599. The van der Waals surface area contributed by atoms with Crippen molar-refractivity contribution >= 4 is 40.3 Å². The van der Waals surface area contributed by atoms with E-state index in [0.717, 1.165) is 5.56 Å². The zero-order chi connectivity index (χ0) is 15.4. The second kappa shape index (κ2) is 6.95. The number of carbonyl (C=O) groups is 1. The molecule has 0 aromatic heterocycles. The molecule has 1 heterocycles. The van der Waals surface area contributed by atoms with Gasteiger partial charge in [-0.3, -0.25) is 9.69 Å². The van der Waals surface area contributed by atoms with Crippen molar-refractivity contribution in [1.82, 2.24) is 4.90 Å². The Balaban J connectivity index is 2.29. The number of ether oxygens (including phenoxy) is 2. The Morgan fingerprint density at radius 1 is 1.33 bits per heavy atom. The van der Waals surface area contributed by atoms with E-state index in [1.54, 1.807) is 12.0 Å². The molecule has 0 aliphatic carbocycles. The molecule has 0 saturated carbocycles. The fraction of sp³-hybridized carbons (Fsp3) is 0.333. The van der Waals surface area contributed by atoms with Gasteiger partial charge in [-0.1, -0.05) is 30.0 Å². The number of benzene rings is 1. The number of thioether (sulfide) groups is 1. The topological polar surface area (TPSA) is 38.8 Å². The third kappa shape index (κ3) is 3.39. The number of likely N-dealkylation sites (N-methyl/N-ethyl adjacent to an activating group) is 1. The molecule has 0 unspecified atom stereocenters. The first-order valence-corrected chi connectivity index (χ1v) is 7.89. The van der Waals surface area contributed by atoms with E-state index in [1.165, 1.54) is 11.8 Å². The van der Waals surface area contributed by atoms with Gasteiger partial charge in [-0.05, 0) is 37.6 Å². The molecule has 2 rings (SSSR count). The Kier molecular flexibility index (Phi) is 5.25. The maximum Gasteiger partial charge on any atom is 0.266 e. The van der Waals surface area contributed by atoms with E-state index in [2.05, 4.69) is 0 Å². The van der Waals surface area contributed by atoms with E-state index in [-0.39, 0.29) is 5.91 Å². The van der Waals surface area contributed by atoms with Crippen LogP contribution in [-0.2, 0) is 4.79 Å². The molecule has 0 radical (unpaired) electrons. The second-order valence-electron chi connectivity index (χ2n) is 4.27. The van der Waals surface area contributed by atoms with Gasteiger partial charge in [0, 0.05) is 6.54 Å². The first-order chi connectivity index (χ1) is 10.1. The minimum Gasteiger partial charge on any atom is -0.493 e. The summed E-state index contributed by atoms with van der Waals surface area (Å²) in [6.07, 6.45) is 1.83. The van der Waals surface area contributed by atoms with Gasteiger partial charge in [0.15, 0.2) is 11.5 Å². The van der Waals surface area contributed by atoms with E-state index in [9.17, 15) is 4.79 Å². The van der Waals surface area contributed by atoms with Gasteiger partial charge in [0.05, 0.1) is 18.6 Å². The summed E-state index contributed by atoms with van der Waals surface area (Å²) in [5.74, 6) is 1.30. The summed E-state index contributed by atoms with van der Waals surface area (Å²) >= 11 is 6.52. The van der Waals surface area contributed by atoms with Crippen molar-refractivity contribution in [3.05, 3.63) is 28.7 Å². The number of nitrogens with zero attached hydrogens (tertiary/aromatic N) is 1. The standard InChI is InChI=1S/C15H17NO3S2/c1-4-16-14(17)13(21-15(16)20)9-10-6-7-11(19-5-2)12(8-10)18-3/h6-9H,4-5H2,1-3H3/b13-9-. The van der Waals surface area contributed by atoms with Crippen molar-refractivity contribution in [2.24, 2.45) is 0 Å². The summed E-state index contributed by atoms with van der Waals surface area (Å²) in [4.78, 5) is 14.4. The van der Waals surface area contributed by atoms with Crippen LogP contribution >= 0.6 is 24.0 Å². The van der Waals surface area contributed by atoms with Crippen LogP contribution in [0.5, 0.6) is 11.5 Å². The smallest absolute Gasteiger partial charge is 0.266 e. The van der Waals surface area contributed by atoms with Crippen LogP contribution in [0.3, 0.4) is 0 Å². The predicted octanol–water partition coefficient (Wildman–Crippen LogP) is 3.32. The van der Waals surface area contributed by atoms with Crippen LogP contribution in [0, 0.1) is 0 Å². The molecule has 112 valence electrons. The van der Waals surface area contributed by atoms with Gasteiger partial charge in [-0.15, -0.1) is 0 Å². The van der Waals surface area contributed by atoms with Gasteiger partial charge in [0.25, 0.3) is 5.91 Å². The predicted molar refractivity (Wildman–Crippen MR) is 89.7 cm³/mol. The summed E-state index contributed by atoms with van der Waals surface area (Å²) in [7, 11) is 1.60. The number of rotatable bonds is 5. The number of amides is 1. The van der Waals surface area contributed by atoms with Crippen LogP contribution in [0.4, 0.5) is 0 Å². The number of methoxy groups -OCH3 is 1. The molecule has 0 spiro atoms. The van der Waals surface area contributed by atoms with Crippen molar-refractivity contribution in [3.8, 4) is 11.5 Å². The SMILES string of the molecule is CCOc1ccc(/C=C2\SC(=S)N(CC)C2=O)cc1OC. The Hall–Kier alpha value is -1.53. The average Bonchev–Trinajstić information content (AvgIpc) is 2.74. The molecule has 0 atom stereocenters. The summed E-state index contributed by atoms with van der Waals surface area (Å²) in [5.41, 5.74) is 0.881. The molecule has 1 aromatic rings. The monoisotopic (exact) mass is 323 g/mol. The van der Waals surface area contributed by atoms with Gasteiger partial charge in [0.2, 0.25) is 0 Å². The quantitative estimate of drug-likeness (QED) is 0.614. The Morgan fingerprint density at radius 2 is 2.10 bits per heavy atom. The lowest BCUT2D eigenvalue weighted by Crippen LogP contribution is -2.27. The molecule has 1 amide bonds. The van der Waals surface area contributed by atoms with E-state index in [4.69, 9.17) is 21.7 Å². The molecular weight excluding hydrogens is 306 g/mol. The second-order valence-corrected chi connectivity index (χ2v) is 5.95. The highest BCUT2D eigenvalue weighted by Crippen LogP contribution is 2.34. The Labute approximate surface area is 134 Å². The molecule has 0 N–H and O–H groups in total. The molecule has 1 fully saturated rings. The van der Waals surface area contributed by atoms with Crippen molar-refractivity contribution in [2.45, 2.75) is 13.8 Å². The zero-order valence-corrected chi connectivity index (χ0v) is 13.8. The normalized spacial score (nSPS) is 16.7. The van der Waals surface area contributed by atoms with Crippen LogP contribution in [0.1, 0.15) is 19.4 Å². The summed E-state index contributed by atoms with van der Waals surface area (Å²) in [6, 6.07) is 5.59. The highest BCUT2D eigenvalue weighted by molar-refractivity contribution is 8.26. The van der Waals surface area contributed by atoms with E-state index < -0.39 is 0 Å². The van der Waals surface area contributed by atoms with Crippen molar-refractivity contribution in [2.75, 3.05) is 20.3 Å². The van der Waals surface area contributed by atoms with E-state index >= 15 is 0 Å². The van der Waals surface area contributed by atoms with Gasteiger partial charge in [-0.2, -0.15) is 0 Å². The molecule has 1 aliphatic heterocycles. The summed E-state index contributed by atoms with van der Waals surface area (Å²) in [5, 5.41) is 0. The van der Waals surface area contributed by atoms with Gasteiger partial charge < -0.3 is 9.47 Å². The highest BCUT2D eigenvalue weighted by atomic mass is 32.2. The molecule has 1 aliphatic rings. The first kappa shape index (κ1) is 15.9. The minimum absolute atomic E-state index is 0.0413. The molecule has 0 bridgehead atoms. The third-order valence-electron chi connectivity index (χ3n) is 2.98. The molecule has 6 heteroatoms. The van der Waals surface area contributed by atoms with Crippen molar-refractivity contribution in [3.63, 3.8) is 0 Å². The van der Waals surface area contributed by atoms with E-state index in [1.807, 2.05) is 38.1 Å². The zero-order valence-electron chi connectivity index (χ0n) is 12.2. The lowest BCUT2D eigenvalue weighted by atomic mass is 10.2. The summed E-state index contributed by atoms with van der Waals surface area (Å²) in [6.45, 7) is 5.00. The number of hydrogen-bond donors (Lipinski definition) is 0. The summed E-state index contributed by atoms with van der Waals surface area (Å²) < 4.78 is 11.4. The molecule has 1 saturated heterocycles. The fourth-order valence-corrected chi connectivity index (χ4v) is 3.36. The van der Waals surface area contributed by atoms with Crippen LogP contribution in [0.15, 0.2) is 23.1 Å². The molecule has 1 aromatic carbocycles. The van der Waals surface area contributed by atoms with Crippen LogP contribution < -0.4 is 9.47 Å². The lowest BCUT2D eigenvalue weighted by Gasteiger charge is -2.10. The maximum absolute atomic E-state index is 12.2. The Morgan fingerprint density at radius 3 is 2.67 bits per heavy atom. The lowest BCUT2D eigenvalue weighted by molar-refractivity contribution is -0.121. The molecule has 4 nitrogen and oxygen atoms in total. The van der Waals surface area contributed by atoms with Crippen LogP contribution in [0.2, 0.25) is 0 Å². The molecular formula is C15H17NO3S2. The van der Waals surface area contributed by atoms with Crippen LogP contribution in [-0.4, -0.2) is 35.4 Å². The van der Waals surface area contributed by atoms with Gasteiger partial charge in [0.1, 0.15) is 4.32 Å². The number of thiocarbonyl (C=S) groups is 1. The van der Waals surface area contributed by atoms with Crippen LogP contribution in [0.25, 0.3) is 6.08 Å². The largest absolute Gasteiger partial charge is 0.493 e. The minimum atomic E-state index is -0.0413. The maximum atomic E-state index is 12.2. The average molecular weight is 323 g/mol.